The average Bonchev–Trinajstić information content (AvgIpc) is 3.08. The smallest absolute Gasteiger partial charge is 0.234 e. The molecule has 1 N–H and O–H groups in total. The highest BCUT2D eigenvalue weighted by Gasteiger charge is 2.21. The Hall–Kier alpha value is -2.91. The minimum atomic E-state index is -3.56. The van der Waals surface area contributed by atoms with Crippen molar-refractivity contribution >= 4 is 33.2 Å². The molecule has 2 aromatic carbocycles. The summed E-state index contributed by atoms with van der Waals surface area (Å²) in [7, 11) is -3.56. The van der Waals surface area contributed by atoms with Crippen LogP contribution in [0.25, 0.3) is 0 Å². The number of carbonyl (C=O) groups excluding carboxylic acids is 1. The van der Waals surface area contributed by atoms with Gasteiger partial charge in [0, 0.05) is 12.2 Å². The van der Waals surface area contributed by atoms with Gasteiger partial charge in [0.2, 0.25) is 5.91 Å². The molecule has 0 saturated carbocycles. The number of sulfone groups is 1. The summed E-state index contributed by atoms with van der Waals surface area (Å²) in [6, 6.07) is 15.7. The number of nitrogens with zero attached hydrogens (tertiary/aromatic N) is 3. The van der Waals surface area contributed by atoms with Crippen LogP contribution in [-0.4, -0.2) is 34.8 Å². The zero-order chi connectivity index (χ0) is 21.6. The highest BCUT2D eigenvalue weighted by molar-refractivity contribution is 7.99. The van der Waals surface area contributed by atoms with E-state index in [2.05, 4.69) is 22.1 Å². The lowest BCUT2D eigenvalue weighted by atomic mass is 10.2. The van der Waals surface area contributed by atoms with Crippen molar-refractivity contribution in [1.82, 2.24) is 14.8 Å². The van der Waals surface area contributed by atoms with E-state index in [-0.39, 0.29) is 22.3 Å². The number of nitrogens with one attached hydrogen (secondary N) is 1. The van der Waals surface area contributed by atoms with E-state index in [0.717, 1.165) is 11.3 Å². The second-order valence-electron chi connectivity index (χ2n) is 6.58. The van der Waals surface area contributed by atoms with Crippen molar-refractivity contribution in [1.29, 1.82) is 0 Å². The molecule has 1 amide bonds. The molecule has 0 saturated heterocycles. The average molecular weight is 443 g/mol. The minimum Gasteiger partial charge on any atom is -0.325 e. The molecule has 0 aliphatic carbocycles. The van der Waals surface area contributed by atoms with Crippen LogP contribution < -0.4 is 5.32 Å². The topological polar surface area (TPSA) is 93.9 Å². The third kappa shape index (κ3) is 5.58. The number of amides is 1. The molecular formula is C21H22N4O3S2. The number of carbonyl (C=O) groups is 1. The number of thioether (sulfide) groups is 1. The Bertz CT molecular complexity index is 1140. The van der Waals surface area contributed by atoms with Crippen LogP contribution in [-0.2, 0) is 26.9 Å². The Morgan fingerprint density at radius 3 is 2.63 bits per heavy atom. The van der Waals surface area contributed by atoms with Gasteiger partial charge in [0.25, 0.3) is 0 Å². The number of rotatable bonds is 9. The van der Waals surface area contributed by atoms with E-state index in [0.29, 0.717) is 17.5 Å². The summed E-state index contributed by atoms with van der Waals surface area (Å²) in [5, 5.41) is 11.4. The van der Waals surface area contributed by atoms with Gasteiger partial charge in [-0.1, -0.05) is 48.2 Å². The van der Waals surface area contributed by atoms with Gasteiger partial charge >= 0.3 is 0 Å². The lowest BCUT2D eigenvalue weighted by molar-refractivity contribution is -0.113. The lowest BCUT2D eigenvalue weighted by Crippen LogP contribution is -2.15. The van der Waals surface area contributed by atoms with E-state index in [9.17, 15) is 13.2 Å². The molecule has 0 atom stereocenters. The Morgan fingerprint density at radius 2 is 1.93 bits per heavy atom. The molecule has 0 fully saturated rings. The van der Waals surface area contributed by atoms with Gasteiger partial charge in [-0.15, -0.1) is 16.8 Å². The molecule has 0 bridgehead atoms. The minimum absolute atomic E-state index is 0.120. The van der Waals surface area contributed by atoms with Gasteiger partial charge in [-0.05, 0) is 36.8 Å². The van der Waals surface area contributed by atoms with Crippen molar-refractivity contribution in [3.8, 4) is 0 Å². The maximum absolute atomic E-state index is 12.7. The first-order valence-corrected chi connectivity index (χ1v) is 11.8. The molecule has 9 heteroatoms. The molecule has 0 aliphatic heterocycles. The summed E-state index contributed by atoms with van der Waals surface area (Å²) in [4.78, 5) is 12.5. The van der Waals surface area contributed by atoms with E-state index in [1.54, 1.807) is 41.0 Å². The summed E-state index contributed by atoms with van der Waals surface area (Å²) >= 11 is 1.20. The molecule has 1 aromatic heterocycles. The predicted molar refractivity (Wildman–Crippen MR) is 118 cm³/mol. The third-order valence-corrected chi connectivity index (χ3v) is 6.76. The van der Waals surface area contributed by atoms with Gasteiger partial charge in [-0.2, -0.15) is 0 Å². The SMILES string of the molecule is C=CCn1c(CS(=O)(=O)c2ccccc2)nnc1SCC(=O)Nc1cccc(C)c1. The molecule has 0 unspecified atom stereocenters. The first-order chi connectivity index (χ1) is 14.4. The molecule has 1 heterocycles. The lowest BCUT2D eigenvalue weighted by Gasteiger charge is -2.09. The van der Waals surface area contributed by atoms with E-state index in [4.69, 9.17) is 0 Å². The molecular weight excluding hydrogens is 420 g/mol. The van der Waals surface area contributed by atoms with E-state index in [1.807, 2.05) is 31.2 Å². The summed E-state index contributed by atoms with van der Waals surface area (Å²) in [6.07, 6.45) is 1.64. The highest BCUT2D eigenvalue weighted by Crippen LogP contribution is 2.21. The van der Waals surface area contributed by atoms with Crippen LogP contribution >= 0.6 is 11.8 Å². The van der Waals surface area contributed by atoms with Gasteiger partial charge < -0.3 is 9.88 Å². The third-order valence-electron chi connectivity index (χ3n) is 4.16. The molecule has 7 nitrogen and oxygen atoms in total. The van der Waals surface area contributed by atoms with E-state index >= 15 is 0 Å². The number of aromatic nitrogens is 3. The zero-order valence-electron chi connectivity index (χ0n) is 16.5. The maximum atomic E-state index is 12.7. The van der Waals surface area contributed by atoms with Crippen molar-refractivity contribution in [3.63, 3.8) is 0 Å². The van der Waals surface area contributed by atoms with E-state index < -0.39 is 9.84 Å². The van der Waals surface area contributed by atoms with Crippen molar-refractivity contribution in [3.05, 3.63) is 78.6 Å². The van der Waals surface area contributed by atoms with E-state index in [1.165, 1.54) is 11.8 Å². The Balaban J connectivity index is 1.71. The summed E-state index contributed by atoms with van der Waals surface area (Å²) in [6.45, 7) is 6.01. The van der Waals surface area contributed by atoms with Crippen molar-refractivity contribution < 1.29 is 13.2 Å². The Labute approximate surface area is 180 Å². The molecule has 0 radical (unpaired) electrons. The maximum Gasteiger partial charge on any atom is 0.234 e. The summed E-state index contributed by atoms with van der Waals surface area (Å²) in [5.74, 6) is -0.0414. The van der Waals surface area contributed by atoms with Crippen LogP contribution in [0.4, 0.5) is 5.69 Å². The zero-order valence-corrected chi connectivity index (χ0v) is 18.1. The van der Waals surface area contributed by atoms with Crippen molar-refractivity contribution in [2.24, 2.45) is 0 Å². The number of hydrogen-bond acceptors (Lipinski definition) is 6. The first-order valence-electron chi connectivity index (χ1n) is 9.19. The van der Waals surface area contributed by atoms with Crippen LogP contribution in [0.2, 0.25) is 0 Å². The molecule has 30 heavy (non-hydrogen) atoms. The summed E-state index contributed by atoms with van der Waals surface area (Å²) in [5.41, 5.74) is 1.78. The summed E-state index contributed by atoms with van der Waals surface area (Å²) < 4.78 is 27.0. The normalized spacial score (nSPS) is 11.2. The Kier molecular flexibility index (Phi) is 7.07. The number of anilines is 1. The van der Waals surface area contributed by atoms with Crippen molar-refractivity contribution in [2.75, 3.05) is 11.1 Å². The second kappa shape index (κ2) is 9.73. The fourth-order valence-corrected chi connectivity index (χ4v) is 4.83. The van der Waals surface area contributed by atoms with Gasteiger partial charge in [0.05, 0.1) is 10.6 Å². The second-order valence-corrected chi connectivity index (χ2v) is 9.51. The predicted octanol–water partition coefficient (Wildman–Crippen LogP) is 3.48. The quantitative estimate of drug-likeness (QED) is 0.403. The molecule has 156 valence electrons. The van der Waals surface area contributed by atoms with Gasteiger partial charge in [0.15, 0.2) is 15.0 Å². The van der Waals surface area contributed by atoms with Gasteiger partial charge in [-0.25, -0.2) is 8.42 Å². The van der Waals surface area contributed by atoms with Crippen LogP contribution in [0, 0.1) is 6.92 Å². The number of allylic oxidation sites excluding steroid dienone is 1. The molecule has 3 aromatic rings. The van der Waals surface area contributed by atoms with Crippen LogP contribution in [0.5, 0.6) is 0 Å². The highest BCUT2D eigenvalue weighted by atomic mass is 32.2. The van der Waals surface area contributed by atoms with Crippen LogP contribution in [0.1, 0.15) is 11.4 Å². The van der Waals surface area contributed by atoms with Crippen LogP contribution in [0.15, 0.2) is 77.3 Å². The van der Waals surface area contributed by atoms with Crippen molar-refractivity contribution in [2.45, 2.75) is 29.3 Å². The number of hydrogen-bond donors (Lipinski definition) is 1. The fourth-order valence-electron chi connectivity index (χ4n) is 2.78. The number of benzene rings is 2. The molecule has 3 rings (SSSR count). The number of aryl methyl sites for hydroxylation is 1. The molecule has 0 aliphatic rings. The fraction of sp³-hybridized carbons (Fsp3) is 0.190. The first kappa shape index (κ1) is 21.8. The Morgan fingerprint density at radius 1 is 1.17 bits per heavy atom. The van der Waals surface area contributed by atoms with Crippen LogP contribution in [0.3, 0.4) is 0 Å². The van der Waals surface area contributed by atoms with Gasteiger partial charge in [-0.3, -0.25) is 4.79 Å². The monoisotopic (exact) mass is 442 g/mol. The largest absolute Gasteiger partial charge is 0.325 e. The standard InChI is InChI=1S/C21H22N4O3S2/c1-3-12-25-19(15-30(27,28)18-10-5-4-6-11-18)23-24-21(25)29-14-20(26)22-17-9-7-8-16(2)13-17/h3-11,13H,1,12,14-15H2,2H3,(H,22,26). The molecule has 0 spiro atoms. The van der Waals surface area contributed by atoms with Gasteiger partial charge in [0.1, 0.15) is 11.6 Å².